The zero-order valence-electron chi connectivity index (χ0n) is 23.1. The average molecular weight is 560 g/mol. The number of methoxy groups -OCH3 is 1. The molecule has 4 aromatic rings. The van der Waals surface area contributed by atoms with Gasteiger partial charge in [-0.1, -0.05) is 6.07 Å². The summed E-state index contributed by atoms with van der Waals surface area (Å²) in [5, 5.41) is 9.94. The lowest BCUT2D eigenvalue weighted by Gasteiger charge is -2.39. The van der Waals surface area contributed by atoms with E-state index in [1.165, 1.54) is 0 Å². The van der Waals surface area contributed by atoms with Crippen LogP contribution in [0.4, 0.5) is 4.79 Å². The smallest absolute Gasteiger partial charge is 0.321 e. The summed E-state index contributed by atoms with van der Waals surface area (Å²) in [6, 6.07) is 8.45. The molecule has 1 aromatic carbocycles. The van der Waals surface area contributed by atoms with Crippen molar-refractivity contribution in [3.8, 4) is 22.8 Å². The number of carbonyl (C=O) groups excluding carboxylic acids is 3. The Hall–Kier alpha value is -4.87. The largest absolute Gasteiger partial charge is 0.497 e. The topological polar surface area (TPSA) is 149 Å². The number of carbonyl (C=O) groups is 3. The second kappa shape index (κ2) is 9.95. The van der Waals surface area contributed by atoms with Crippen LogP contribution in [0.25, 0.3) is 22.2 Å². The Morgan fingerprint density at radius 2 is 2.00 bits per heavy atom. The number of aryl methyl sites for hydroxylation is 1. The molecule has 0 unspecified atom stereocenters. The van der Waals surface area contributed by atoms with Gasteiger partial charge in [0, 0.05) is 42.2 Å². The number of ether oxygens (including phenoxy) is 2. The number of rotatable bonds is 8. The number of furan rings is 1. The second-order valence-corrected chi connectivity index (χ2v) is 10.7. The monoisotopic (exact) mass is 559 g/mol. The van der Waals surface area contributed by atoms with Gasteiger partial charge >= 0.3 is 6.03 Å². The Labute approximate surface area is 235 Å². The number of benzene rings is 1. The third-order valence-electron chi connectivity index (χ3n) is 7.22. The molecule has 2 aliphatic heterocycles. The first-order chi connectivity index (χ1) is 19.6. The van der Waals surface area contributed by atoms with E-state index in [-0.39, 0.29) is 31.4 Å². The van der Waals surface area contributed by atoms with Gasteiger partial charge in [-0.3, -0.25) is 14.9 Å². The quantitative estimate of drug-likeness (QED) is 0.329. The second-order valence-electron chi connectivity index (χ2n) is 10.7. The van der Waals surface area contributed by atoms with Gasteiger partial charge in [0.2, 0.25) is 11.6 Å². The minimum Gasteiger partial charge on any atom is -0.497 e. The van der Waals surface area contributed by atoms with E-state index in [9.17, 15) is 14.4 Å². The van der Waals surface area contributed by atoms with Gasteiger partial charge in [-0.05, 0) is 55.8 Å². The van der Waals surface area contributed by atoms with Crippen molar-refractivity contribution in [3.63, 3.8) is 0 Å². The molecule has 4 amide bonds. The van der Waals surface area contributed by atoms with E-state index in [2.05, 4.69) is 20.8 Å². The summed E-state index contributed by atoms with van der Waals surface area (Å²) in [6.45, 7) is 6.07. The van der Waals surface area contributed by atoms with Gasteiger partial charge in [0.25, 0.3) is 11.8 Å². The third-order valence-corrected chi connectivity index (χ3v) is 7.22. The minimum atomic E-state index is -1.10. The molecule has 3 aromatic heterocycles. The van der Waals surface area contributed by atoms with Crippen LogP contribution in [-0.4, -0.2) is 58.2 Å². The first-order valence-corrected chi connectivity index (χ1v) is 13.2. The Morgan fingerprint density at radius 1 is 1.17 bits per heavy atom. The third kappa shape index (κ3) is 4.96. The molecule has 0 spiro atoms. The van der Waals surface area contributed by atoms with E-state index in [0.29, 0.717) is 51.9 Å². The minimum absolute atomic E-state index is 0.0340. The molecule has 6 rings (SSSR count). The summed E-state index contributed by atoms with van der Waals surface area (Å²) in [6.07, 6.45) is 1.69. The van der Waals surface area contributed by atoms with Gasteiger partial charge in [-0.25, -0.2) is 9.78 Å². The van der Waals surface area contributed by atoms with Gasteiger partial charge in [-0.15, -0.1) is 0 Å². The highest BCUT2D eigenvalue weighted by atomic mass is 16.5. The van der Waals surface area contributed by atoms with Crippen LogP contribution in [0.15, 0.2) is 45.5 Å². The maximum absolute atomic E-state index is 13.3. The van der Waals surface area contributed by atoms with Crippen molar-refractivity contribution in [2.45, 2.75) is 51.8 Å². The van der Waals surface area contributed by atoms with E-state index in [1.54, 1.807) is 37.3 Å². The zero-order valence-corrected chi connectivity index (χ0v) is 23.1. The molecule has 1 saturated heterocycles. The van der Waals surface area contributed by atoms with E-state index >= 15 is 0 Å². The molecule has 41 heavy (non-hydrogen) atoms. The molecule has 12 heteroatoms. The highest BCUT2D eigenvalue weighted by Crippen LogP contribution is 2.36. The number of nitrogens with one attached hydrogen (secondary N) is 2. The van der Waals surface area contributed by atoms with Crippen LogP contribution >= 0.6 is 0 Å². The molecular weight excluding hydrogens is 530 g/mol. The van der Waals surface area contributed by atoms with Crippen molar-refractivity contribution in [2.75, 3.05) is 13.7 Å². The lowest BCUT2D eigenvalue weighted by molar-refractivity contribution is -0.122. The lowest BCUT2D eigenvalue weighted by Crippen LogP contribution is -2.65. The SMILES string of the molecule is COc1ccc2c(c1)C(=O)N(C[C@]1(Cc3cc4cc(-c5c(OC(C)C)noc5C)cnc4o3)CC(=O)NC(=O)N1)C2. The summed E-state index contributed by atoms with van der Waals surface area (Å²) in [7, 11) is 1.54. The fourth-order valence-electron chi connectivity index (χ4n) is 5.54. The number of imide groups is 1. The Balaban J connectivity index is 1.30. The van der Waals surface area contributed by atoms with Crippen LogP contribution in [0.2, 0.25) is 0 Å². The Morgan fingerprint density at radius 3 is 2.76 bits per heavy atom. The summed E-state index contributed by atoms with van der Waals surface area (Å²) < 4.78 is 22.5. The van der Waals surface area contributed by atoms with Gasteiger partial charge in [0.15, 0.2) is 0 Å². The van der Waals surface area contributed by atoms with E-state index in [0.717, 1.165) is 11.1 Å². The molecule has 212 valence electrons. The fourth-order valence-corrected chi connectivity index (χ4v) is 5.54. The molecule has 2 N–H and O–H groups in total. The number of fused-ring (bicyclic) bond motifs is 2. The maximum atomic E-state index is 13.3. The average Bonchev–Trinajstić information content (AvgIpc) is 3.56. The molecular formula is C29H29N5O7. The Kier molecular flexibility index (Phi) is 6.40. The van der Waals surface area contributed by atoms with Crippen LogP contribution < -0.4 is 20.1 Å². The number of hydrogen-bond acceptors (Lipinski definition) is 9. The number of pyridine rings is 1. The van der Waals surface area contributed by atoms with Crippen molar-refractivity contribution in [1.82, 2.24) is 25.7 Å². The van der Waals surface area contributed by atoms with E-state index in [1.807, 2.05) is 32.0 Å². The van der Waals surface area contributed by atoms with Crippen LogP contribution in [0.5, 0.6) is 11.6 Å². The summed E-state index contributed by atoms with van der Waals surface area (Å²) in [5.74, 6) is 1.43. The lowest BCUT2D eigenvalue weighted by atomic mass is 9.87. The summed E-state index contributed by atoms with van der Waals surface area (Å²) >= 11 is 0. The molecule has 0 saturated carbocycles. The summed E-state index contributed by atoms with van der Waals surface area (Å²) in [5.41, 5.74) is 2.13. The van der Waals surface area contributed by atoms with Gasteiger partial charge in [-0.2, -0.15) is 0 Å². The number of hydrogen-bond donors (Lipinski definition) is 2. The first-order valence-electron chi connectivity index (χ1n) is 13.2. The van der Waals surface area contributed by atoms with E-state index < -0.39 is 17.5 Å². The number of aromatic nitrogens is 2. The van der Waals surface area contributed by atoms with Crippen molar-refractivity contribution in [2.24, 2.45) is 0 Å². The molecule has 0 radical (unpaired) electrons. The maximum Gasteiger partial charge on any atom is 0.321 e. The van der Waals surface area contributed by atoms with Gasteiger partial charge < -0.3 is 28.6 Å². The van der Waals surface area contributed by atoms with Crippen LogP contribution in [0.1, 0.15) is 47.7 Å². The fraction of sp³-hybridized carbons (Fsp3) is 0.345. The van der Waals surface area contributed by atoms with E-state index in [4.69, 9.17) is 18.4 Å². The van der Waals surface area contributed by atoms with Crippen molar-refractivity contribution in [1.29, 1.82) is 0 Å². The summed E-state index contributed by atoms with van der Waals surface area (Å²) in [4.78, 5) is 44.5. The molecule has 0 aliphatic carbocycles. The highest BCUT2D eigenvalue weighted by Gasteiger charge is 2.44. The molecule has 12 nitrogen and oxygen atoms in total. The standard InChI is InChI=1S/C29H29N5O7/c1-15(2)39-26-24(16(3)41-33-26)19-7-18-8-21(40-25(18)30-12-19)10-29(11-23(35)31-28(37)32-29)14-34-13-17-5-6-20(38-4)9-22(17)27(34)36/h5-9,12,15H,10-11,13-14H2,1-4H3,(H2,31,32,35,37)/t29-/m0/s1. The first kappa shape index (κ1) is 26.4. The molecule has 1 fully saturated rings. The van der Waals surface area contributed by atoms with Crippen molar-refractivity contribution < 1.29 is 32.8 Å². The highest BCUT2D eigenvalue weighted by molar-refractivity contribution is 6.00. The predicted octanol–water partition coefficient (Wildman–Crippen LogP) is 3.75. The number of urea groups is 1. The van der Waals surface area contributed by atoms with Crippen LogP contribution in [0, 0.1) is 6.92 Å². The normalized spacial score (nSPS) is 18.6. The molecule has 5 heterocycles. The Bertz CT molecular complexity index is 1670. The van der Waals surface area contributed by atoms with Crippen molar-refractivity contribution >= 4 is 28.9 Å². The van der Waals surface area contributed by atoms with Crippen LogP contribution in [-0.2, 0) is 17.8 Å². The zero-order chi connectivity index (χ0) is 28.9. The molecule has 1 atom stereocenters. The van der Waals surface area contributed by atoms with Crippen LogP contribution in [0.3, 0.4) is 0 Å². The number of amides is 4. The van der Waals surface area contributed by atoms with Gasteiger partial charge in [0.05, 0.1) is 30.7 Å². The number of nitrogens with zero attached hydrogens (tertiary/aromatic N) is 3. The van der Waals surface area contributed by atoms with Crippen molar-refractivity contribution in [3.05, 3.63) is 59.2 Å². The molecule has 2 aliphatic rings. The predicted molar refractivity (Wildman–Crippen MR) is 145 cm³/mol. The van der Waals surface area contributed by atoms with Gasteiger partial charge in [0.1, 0.15) is 17.3 Å². The molecule has 0 bridgehead atoms.